The van der Waals surface area contributed by atoms with Crippen molar-refractivity contribution in [2.24, 2.45) is 0 Å². The average Bonchev–Trinajstić information content (AvgIpc) is 2.11. The molecule has 0 unspecified atom stereocenters. The summed E-state index contributed by atoms with van der Waals surface area (Å²) >= 11 is 0. The molecular formula is C10H16F6O2. The summed E-state index contributed by atoms with van der Waals surface area (Å²) in [7, 11) is 0. The maximum Gasteiger partial charge on any atom is 0.389 e. The second kappa shape index (κ2) is 9.04. The second-order valence-corrected chi connectivity index (χ2v) is 3.58. The minimum Gasteiger partial charge on any atom is -0.481 e. The lowest BCUT2D eigenvalue weighted by molar-refractivity contribution is -0.143. The highest BCUT2D eigenvalue weighted by Crippen LogP contribution is 2.22. The average molecular weight is 282 g/mol. The molecule has 0 radical (unpaired) electrons. The van der Waals surface area contributed by atoms with Gasteiger partial charge in [0.15, 0.2) is 0 Å². The molecule has 0 saturated heterocycles. The van der Waals surface area contributed by atoms with E-state index in [0.717, 1.165) is 0 Å². The Morgan fingerprint density at radius 2 is 1.33 bits per heavy atom. The van der Waals surface area contributed by atoms with Gasteiger partial charge in [-0.1, -0.05) is 13.3 Å². The molecule has 0 aliphatic heterocycles. The molecule has 0 aromatic carbocycles. The quantitative estimate of drug-likeness (QED) is 0.751. The third kappa shape index (κ3) is 24.3. The summed E-state index contributed by atoms with van der Waals surface area (Å²) in [4.78, 5) is 9.72. The van der Waals surface area contributed by atoms with Crippen LogP contribution in [0.2, 0.25) is 0 Å². The van der Waals surface area contributed by atoms with Crippen molar-refractivity contribution >= 4 is 5.97 Å². The Morgan fingerprint density at radius 3 is 1.56 bits per heavy atom. The molecule has 8 heteroatoms. The highest BCUT2D eigenvalue weighted by Gasteiger charge is 2.26. The molecule has 0 aromatic rings. The van der Waals surface area contributed by atoms with E-state index in [0.29, 0.717) is 6.42 Å². The van der Waals surface area contributed by atoms with Gasteiger partial charge >= 0.3 is 18.3 Å². The van der Waals surface area contributed by atoms with E-state index in [1.807, 2.05) is 0 Å². The Balaban J connectivity index is 0. The first-order valence-corrected chi connectivity index (χ1v) is 5.33. The maximum absolute atomic E-state index is 11.3. The Morgan fingerprint density at radius 1 is 0.944 bits per heavy atom. The molecule has 110 valence electrons. The minimum absolute atomic E-state index is 0.253. The molecule has 0 fully saturated rings. The van der Waals surface area contributed by atoms with E-state index in [1.165, 1.54) is 0 Å². The molecule has 0 aliphatic carbocycles. The van der Waals surface area contributed by atoms with Crippen molar-refractivity contribution in [3.63, 3.8) is 0 Å². The number of hydrogen-bond donors (Lipinski definition) is 1. The van der Waals surface area contributed by atoms with Crippen LogP contribution >= 0.6 is 0 Å². The number of rotatable bonds is 5. The lowest BCUT2D eigenvalue weighted by atomic mass is 10.2. The number of halogens is 6. The van der Waals surface area contributed by atoms with Crippen LogP contribution in [0.1, 0.15) is 45.4 Å². The molecule has 0 aliphatic rings. The predicted octanol–water partition coefficient (Wildman–Crippen LogP) is 4.54. The topological polar surface area (TPSA) is 37.3 Å². The van der Waals surface area contributed by atoms with E-state index < -0.39 is 37.6 Å². The fraction of sp³-hybridized carbons (Fsp3) is 0.900. The number of carboxylic acids is 1. The van der Waals surface area contributed by atoms with Crippen molar-refractivity contribution in [3.05, 3.63) is 0 Å². The number of carbonyl (C=O) groups is 1. The van der Waals surface area contributed by atoms with E-state index in [2.05, 4.69) is 0 Å². The lowest BCUT2D eigenvalue weighted by Gasteiger charge is -2.02. The number of aliphatic carboxylic acids is 1. The second-order valence-electron chi connectivity index (χ2n) is 3.58. The fourth-order valence-electron chi connectivity index (χ4n) is 0.817. The predicted molar refractivity (Wildman–Crippen MR) is 53.1 cm³/mol. The fourth-order valence-corrected chi connectivity index (χ4v) is 0.817. The Bertz CT molecular complexity index is 221. The first kappa shape index (κ1) is 19.4. The van der Waals surface area contributed by atoms with Crippen molar-refractivity contribution in [1.29, 1.82) is 0 Å². The van der Waals surface area contributed by atoms with Gasteiger partial charge in [-0.25, -0.2) is 0 Å². The van der Waals surface area contributed by atoms with Crippen LogP contribution in [0.15, 0.2) is 0 Å². The lowest BCUT2D eigenvalue weighted by Crippen LogP contribution is -2.07. The first-order valence-electron chi connectivity index (χ1n) is 5.33. The van der Waals surface area contributed by atoms with E-state index in [9.17, 15) is 31.1 Å². The summed E-state index contributed by atoms with van der Waals surface area (Å²) in [5, 5.41) is 7.94. The number of unbranched alkanes of at least 4 members (excludes halogenated alkanes) is 1. The highest BCUT2D eigenvalue weighted by atomic mass is 19.4. The molecule has 1 N–H and O–H groups in total. The molecule has 0 amide bonds. The summed E-state index contributed by atoms with van der Waals surface area (Å²) in [6.07, 6.45) is -9.71. The van der Waals surface area contributed by atoms with Gasteiger partial charge in [0.25, 0.3) is 0 Å². The molecular weight excluding hydrogens is 266 g/mol. The standard InChI is InChI=1S/C5H7F3O2.C5H9F3/c6-5(7,8)3-1-2-4(9)10;1-2-3-4-5(6,7)8/h1-3H2,(H,9,10);2-4H2,1H3. The van der Waals surface area contributed by atoms with Gasteiger partial charge in [0.2, 0.25) is 0 Å². The van der Waals surface area contributed by atoms with Crippen LogP contribution in [-0.4, -0.2) is 23.4 Å². The zero-order valence-electron chi connectivity index (χ0n) is 9.87. The summed E-state index contributed by atoms with van der Waals surface area (Å²) in [6, 6.07) is 0. The third-order valence-electron chi connectivity index (χ3n) is 1.66. The Labute approximate surface area is 101 Å². The van der Waals surface area contributed by atoms with Crippen molar-refractivity contribution in [2.45, 2.75) is 57.8 Å². The highest BCUT2D eigenvalue weighted by molar-refractivity contribution is 5.66. The van der Waals surface area contributed by atoms with Crippen LogP contribution < -0.4 is 0 Å². The van der Waals surface area contributed by atoms with Crippen molar-refractivity contribution in [2.75, 3.05) is 0 Å². The number of alkyl halides is 6. The normalized spacial score (nSPS) is 11.7. The van der Waals surface area contributed by atoms with Crippen LogP contribution in [0, 0.1) is 0 Å². The van der Waals surface area contributed by atoms with Gasteiger partial charge in [0.05, 0.1) is 0 Å². The van der Waals surface area contributed by atoms with Crippen molar-refractivity contribution < 1.29 is 36.2 Å². The largest absolute Gasteiger partial charge is 0.481 e. The van der Waals surface area contributed by atoms with Crippen LogP contribution in [0.3, 0.4) is 0 Å². The summed E-state index contributed by atoms with van der Waals surface area (Å²) in [6.45, 7) is 1.74. The van der Waals surface area contributed by atoms with Gasteiger partial charge < -0.3 is 5.11 Å². The minimum atomic E-state index is -4.23. The zero-order valence-corrected chi connectivity index (χ0v) is 9.87. The molecule has 0 rings (SSSR count). The van der Waals surface area contributed by atoms with Gasteiger partial charge in [0, 0.05) is 19.3 Å². The molecule has 0 heterocycles. The molecule has 0 aromatic heterocycles. The summed E-state index contributed by atoms with van der Waals surface area (Å²) in [5.41, 5.74) is 0. The zero-order chi connectivity index (χ0) is 14.8. The van der Waals surface area contributed by atoms with E-state index in [4.69, 9.17) is 5.11 Å². The molecule has 2 nitrogen and oxygen atoms in total. The molecule has 0 saturated carbocycles. The summed E-state index contributed by atoms with van der Waals surface area (Å²) < 4.78 is 67.7. The van der Waals surface area contributed by atoms with Crippen LogP contribution in [0.25, 0.3) is 0 Å². The van der Waals surface area contributed by atoms with Gasteiger partial charge in [-0.15, -0.1) is 0 Å². The number of hydrogen-bond acceptors (Lipinski definition) is 1. The van der Waals surface area contributed by atoms with Gasteiger partial charge in [-0.2, -0.15) is 26.3 Å². The van der Waals surface area contributed by atoms with E-state index in [-0.39, 0.29) is 12.8 Å². The Hall–Kier alpha value is -0.950. The van der Waals surface area contributed by atoms with E-state index in [1.54, 1.807) is 6.92 Å². The maximum atomic E-state index is 11.3. The molecule has 18 heavy (non-hydrogen) atoms. The monoisotopic (exact) mass is 282 g/mol. The van der Waals surface area contributed by atoms with Crippen LogP contribution in [0.4, 0.5) is 26.3 Å². The smallest absolute Gasteiger partial charge is 0.389 e. The third-order valence-corrected chi connectivity index (χ3v) is 1.66. The summed E-state index contributed by atoms with van der Waals surface area (Å²) in [5.74, 6) is -1.19. The Kier molecular flexibility index (Phi) is 9.74. The van der Waals surface area contributed by atoms with Gasteiger partial charge in [0.1, 0.15) is 0 Å². The molecule has 0 atom stereocenters. The SMILES string of the molecule is CCCCC(F)(F)F.O=C(O)CCCC(F)(F)F. The van der Waals surface area contributed by atoms with E-state index >= 15 is 0 Å². The van der Waals surface area contributed by atoms with Gasteiger partial charge in [-0.05, 0) is 12.8 Å². The number of carboxylic acid groups (broad SMARTS) is 1. The van der Waals surface area contributed by atoms with Crippen molar-refractivity contribution in [1.82, 2.24) is 0 Å². The molecule has 0 bridgehead atoms. The van der Waals surface area contributed by atoms with Crippen LogP contribution in [0.5, 0.6) is 0 Å². The van der Waals surface area contributed by atoms with Gasteiger partial charge in [-0.3, -0.25) is 4.79 Å². The van der Waals surface area contributed by atoms with Crippen LogP contribution in [-0.2, 0) is 4.79 Å². The molecule has 0 spiro atoms. The first-order chi connectivity index (χ1) is 7.98. The van der Waals surface area contributed by atoms with Crippen molar-refractivity contribution in [3.8, 4) is 0 Å².